The molecule has 0 bridgehead atoms. The van der Waals surface area contributed by atoms with Crippen molar-refractivity contribution in [3.05, 3.63) is 28.0 Å². The van der Waals surface area contributed by atoms with Crippen LogP contribution in [0.2, 0.25) is 0 Å². The third kappa shape index (κ3) is 2.79. The molecule has 90 valence electrons. The van der Waals surface area contributed by atoms with Crippen LogP contribution in [0.3, 0.4) is 0 Å². The Balaban J connectivity index is 3.20. The fraction of sp³-hybridized carbons (Fsp3) is 0.500. The van der Waals surface area contributed by atoms with Crippen molar-refractivity contribution in [2.45, 2.75) is 31.3 Å². The van der Waals surface area contributed by atoms with Gasteiger partial charge in [-0.1, -0.05) is 36.2 Å². The number of aliphatic hydroxyl groups excluding tert-OH is 1. The minimum absolute atomic E-state index is 0.0444. The van der Waals surface area contributed by atoms with E-state index < -0.39 is 6.10 Å². The van der Waals surface area contributed by atoms with Crippen molar-refractivity contribution in [2.75, 3.05) is 6.26 Å². The molecule has 0 aliphatic rings. The third-order valence-corrected chi connectivity index (χ3v) is 4.24. The summed E-state index contributed by atoms with van der Waals surface area (Å²) in [6.45, 7) is 3.90. The molecule has 2 unspecified atom stereocenters. The zero-order valence-electron chi connectivity index (χ0n) is 9.63. The van der Waals surface area contributed by atoms with Crippen molar-refractivity contribution < 1.29 is 9.50 Å². The van der Waals surface area contributed by atoms with E-state index in [0.717, 1.165) is 6.42 Å². The predicted molar refractivity (Wildman–Crippen MR) is 70.3 cm³/mol. The average Bonchev–Trinajstić information content (AvgIpc) is 2.28. The normalized spacial score (nSPS) is 14.9. The van der Waals surface area contributed by atoms with Crippen LogP contribution < -0.4 is 0 Å². The van der Waals surface area contributed by atoms with Crippen LogP contribution in [0, 0.1) is 11.7 Å². The largest absolute Gasteiger partial charge is 0.388 e. The van der Waals surface area contributed by atoms with Crippen molar-refractivity contribution in [3.63, 3.8) is 0 Å². The van der Waals surface area contributed by atoms with Crippen molar-refractivity contribution in [1.29, 1.82) is 0 Å². The van der Waals surface area contributed by atoms with Gasteiger partial charge in [-0.3, -0.25) is 0 Å². The quantitative estimate of drug-likeness (QED) is 0.833. The van der Waals surface area contributed by atoms with Crippen molar-refractivity contribution in [3.8, 4) is 0 Å². The second-order valence-corrected chi connectivity index (χ2v) is 5.51. The second kappa shape index (κ2) is 6.03. The topological polar surface area (TPSA) is 20.2 Å². The van der Waals surface area contributed by atoms with Gasteiger partial charge in [0.1, 0.15) is 5.82 Å². The molecule has 0 radical (unpaired) electrons. The molecule has 0 fully saturated rings. The third-order valence-electron chi connectivity index (χ3n) is 2.79. The molecule has 1 aromatic carbocycles. The Morgan fingerprint density at radius 2 is 2.12 bits per heavy atom. The highest BCUT2D eigenvalue weighted by Gasteiger charge is 2.23. The highest BCUT2D eigenvalue weighted by atomic mass is 79.9. The number of halogens is 2. The van der Waals surface area contributed by atoms with E-state index in [9.17, 15) is 9.50 Å². The summed E-state index contributed by atoms with van der Waals surface area (Å²) in [4.78, 5) is 0.570. The van der Waals surface area contributed by atoms with Crippen LogP contribution in [0.15, 0.2) is 21.5 Å². The lowest BCUT2D eigenvalue weighted by Gasteiger charge is -2.20. The number of benzene rings is 1. The number of rotatable bonds is 4. The Morgan fingerprint density at radius 3 is 2.62 bits per heavy atom. The first-order valence-electron chi connectivity index (χ1n) is 5.22. The summed E-state index contributed by atoms with van der Waals surface area (Å²) in [5.41, 5.74) is 0.376. The van der Waals surface area contributed by atoms with Gasteiger partial charge in [0.25, 0.3) is 0 Å². The number of hydrogen-bond acceptors (Lipinski definition) is 2. The van der Waals surface area contributed by atoms with Gasteiger partial charge in [0.15, 0.2) is 0 Å². The fourth-order valence-electron chi connectivity index (χ4n) is 1.49. The van der Waals surface area contributed by atoms with Gasteiger partial charge in [-0.2, -0.15) is 0 Å². The Hall–Kier alpha value is -0.0600. The summed E-state index contributed by atoms with van der Waals surface area (Å²) < 4.78 is 14.7. The van der Waals surface area contributed by atoms with E-state index in [0.29, 0.717) is 14.9 Å². The Bertz CT molecular complexity index is 370. The molecule has 0 aliphatic carbocycles. The molecular formula is C12H16BrFOS. The maximum Gasteiger partial charge on any atom is 0.143 e. The van der Waals surface area contributed by atoms with Gasteiger partial charge in [-0.05, 0) is 24.3 Å². The Labute approximate surface area is 109 Å². The molecule has 1 rings (SSSR count). The highest BCUT2D eigenvalue weighted by molar-refractivity contribution is 9.10. The molecule has 1 aromatic rings. The summed E-state index contributed by atoms with van der Waals surface area (Å²) >= 11 is 4.65. The average molecular weight is 307 g/mol. The van der Waals surface area contributed by atoms with E-state index in [1.165, 1.54) is 11.8 Å². The van der Waals surface area contributed by atoms with Crippen LogP contribution in [0.25, 0.3) is 0 Å². The maximum atomic E-state index is 14.1. The molecule has 0 spiro atoms. The van der Waals surface area contributed by atoms with E-state index >= 15 is 0 Å². The van der Waals surface area contributed by atoms with Crippen molar-refractivity contribution >= 4 is 27.7 Å². The van der Waals surface area contributed by atoms with Gasteiger partial charge in [0.05, 0.1) is 6.10 Å². The SMILES string of the molecule is CCC(C)C(O)c1c(Br)ccc(SC)c1F. The monoisotopic (exact) mass is 306 g/mol. The van der Waals surface area contributed by atoms with Crippen molar-refractivity contribution in [2.24, 2.45) is 5.92 Å². The van der Waals surface area contributed by atoms with Gasteiger partial charge in [0.2, 0.25) is 0 Å². The van der Waals surface area contributed by atoms with E-state index in [1.54, 1.807) is 12.1 Å². The summed E-state index contributed by atoms with van der Waals surface area (Å²) in [7, 11) is 0. The molecule has 1 nitrogen and oxygen atoms in total. The molecule has 16 heavy (non-hydrogen) atoms. The molecule has 0 saturated heterocycles. The minimum atomic E-state index is -0.758. The predicted octanol–water partition coefficient (Wildman–Crippen LogP) is 4.39. The first kappa shape index (κ1) is 14.0. The summed E-state index contributed by atoms with van der Waals surface area (Å²) in [6.07, 6.45) is 1.88. The lowest BCUT2D eigenvalue weighted by molar-refractivity contribution is 0.110. The van der Waals surface area contributed by atoms with Gasteiger partial charge < -0.3 is 5.11 Å². The molecule has 0 aliphatic heterocycles. The summed E-state index contributed by atoms with van der Waals surface area (Å²) in [6, 6.07) is 3.51. The fourth-order valence-corrected chi connectivity index (χ4v) is 2.52. The summed E-state index contributed by atoms with van der Waals surface area (Å²) in [5.74, 6) is -0.266. The molecule has 0 aromatic heterocycles. The number of thioether (sulfide) groups is 1. The Kier molecular flexibility index (Phi) is 5.28. The molecule has 2 atom stereocenters. The zero-order valence-corrected chi connectivity index (χ0v) is 12.0. The molecule has 0 amide bonds. The zero-order chi connectivity index (χ0) is 12.3. The van der Waals surface area contributed by atoms with Crippen LogP contribution in [0.5, 0.6) is 0 Å². The molecule has 4 heteroatoms. The molecule has 1 N–H and O–H groups in total. The van der Waals surface area contributed by atoms with Crippen LogP contribution in [0.4, 0.5) is 4.39 Å². The number of hydrogen-bond donors (Lipinski definition) is 1. The smallest absolute Gasteiger partial charge is 0.143 e. The van der Waals surface area contributed by atoms with Crippen molar-refractivity contribution in [1.82, 2.24) is 0 Å². The minimum Gasteiger partial charge on any atom is -0.388 e. The first-order chi connectivity index (χ1) is 7.52. The highest BCUT2D eigenvalue weighted by Crippen LogP contribution is 2.35. The van der Waals surface area contributed by atoms with Crippen LogP contribution >= 0.6 is 27.7 Å². The summed E-state index contributed by atoms with van der Waals surface area (Å²) in [5, 5.41) is 10.1. The van der Waals surface area contributed by atoms with E-state index in [-0.39, 0.29) is 11.7 Å². The lowest BCUT2D eigenvalue weighted by atomic mass is 9.95. The lowest BCUT2D eigenvalue weighted by Crippen LogP contribution is -2.11. The molecule has 0 heterocycles. The first-order valence-corrected chi connectivity index (χ1v) is 7.24. The molecular weight excluding hydrogens is 291 g/mol. The second-order valence-electron chi connectivity index (χ2n) is 3.81. The van der Waals surface area contributed by atoms with E-state index in [4.69, 9.17) is 0 Å². The van der Waals surface area contributed by atoms with Crippen LogP contribution in [-0.4, -0.2) is 11.4 Å². The van der Waals surface area contributed by atoms with Crippen LogP contribution in [0.1, 0.15) is 31.9 Å². The van der Waals surface area contributed by atoms with E-state index in [2.05, 4.69) is 15.9 Å². The van der Waals surface area contributed by atoms with E-state index in [1.807, 2.05) is 20.1 Å². The maximum absolute atomic E-state index is 14.1. The Morgan fingerprint density at radius 1 is 1.50 bits per heavy atom. The van der Waals surface area contributed by atoms with Gasteiger partial charge in [0, 0.05) is 14.9 Å². The van der Waals surface area contributed by atoms with Gasteiger partial charge in [-0.15, -0.1) is 11.8 Å². The molecule has 0 saturated carbocycles. The van der Waals surface area contributed by atoms with Gasteiger partial charge in [-0.25, -0.2) is 4.39 Å². The van der Waals surface area contributed by atoms with Crippen LogP contribution in [-0.2, 0) is 0 Å². The van der Waals surface area contributed by atoms with Gasteiger partial charge >= 0.3 is 0 Å². The number of aliphatic hydroxyl groups is 1. The standard InChI is InChI=1S/C12H16BrFOS/c1-4-7(2)12(15)10-8(13)5-6-9(16-3)11(10)14/h5-7,12,15H,4H2,1-3H3.